The molecule has 1 aromatic rings. The Labute approximate surface area is 101 Å². The predicted octanol–water partition coefficient (Wildman–Crippen LogP) is 3.92. The van der Waals surface area contributed by atoms with Gasteiger partial charge in [0.05, 0.1) is 5.56 Å². The molecular formula is C9H4F5IO. The van der Waals surface area contributed by atoms with Crippen molar-refractivity contribution in [1.82, 2.24) is 0 Å². The molecule has 0 heterocycles. The Morgan fingerprint density at radius 2 is 1.44 bits per heavy atom. The molecule has 0 N–H and O–H groups in total. The van der Waals surface area contributed by atoms with Crippen LogP contribution in [0.2, 0.25) is 0 Å². The van der Waals surface area contributed by atoms with Gasteiger partial charge in [-0.1, -0.05) is 12.1 Å². The molecular weight excluding hydrogens is 346 g/mol. The lowest BCUT2D eigenvalue weighted by molar-refractivity contribution is -0.137. The molecule has 7 heteroatoms. The van der Waals surface area contributed by atoms with E-state index in [2.05, 4.69) is 0 Å². The van der Waals surface area contributed by atoms with Gasteiger partial charge in [0, 0.05) is 28.2 Å². The molecule has 0 amide bonds. The Hall–Kier alpha value is -0.730. The zero-order valence-corrected chi connectivity index (χ0v) is 9.64. The number of halogens is 6. The van der Waals surface area contributed by atoms with E-state index in [0.29, 0.717) is 34.7 Å². The van der Waals surface area contributed by atoms with Crippen LogP contribution in [-0.2, 0) is 6.18 Å². The minimum Gasteiger partial charge on any atom is -0.286 e. The van der Waals surface area contributed by atoms with Crippen molar-refractivity contribution in [3.63, 3.8) is 0 Å². The summed E-state index contributed by atoms with van der Waals surface area (Å²) in [6.45, 7) is 0. The molecule has 0 spiro atoms. The van der Waals surface area contributed by atoms with Crippen LogP contribution in [0.3, 0.4) is 0 Å². The van der Waals surface area contributed by atoms with E-state index in [-0.39, 0.29) is 0 Å². The summed E-state index contributed by atoms with van der Waals surface area (Å²) in [4.78, 5) is 11.0. The van der Waals surface area contributed by atoms with Crippen LogP contribution in [0, 0.1) is 0 Å². The van der Waals surface area contributed by atoms with Crippen molar-refractivity contribution in [3.8, 4) is 0 Å². The molecule has 0 aromatic heterocycles. The first kappa shape index (κ1) is 13.3. The highest BCUT2D eigenvalue weighted by molar-refractivity contribution is 14.1. The quantitative estimate of drug-likeness (QED) is 0.342. The number of hydrogen-bond donors (Lipinski definition) is 0. The predicted molar refractivity (Wildman–Crippen MR) is 54.7 cm³/mol. The number of rotatable bonds is 2. The molecule has 0 radical (unpaired) electrons. The van der Waals surface area contributed by atoms with Gasteiger partial charge in [0.25, 0.3) is 0 Å². The summed E-state index contributed by atoms with van der Waals surface area (Å²) in [6, 6.07) is 2.65. The molecule has 16 heavy (non-hydrogen) atoms. The van der Waals surface area contributed by atoms with Crippen molar-refractivity contribution in [2.24, 2.45) is 0 Å². The third-order valence-electron chi connectivity index (χ3n) is 1.73. The molecule has 1 nitrogen and oxygen atoms in total. The van der Waals surface area contributed by atoms with E-state index in [4.69, 9.17) is 0 Å². The fourth-order valence-corrected chi connectivity index (χ4v) is 1.29. The monoisotopic (exact) mass is 350 g/mol. The first-order valence-corrected chi connectivity index (χ1v) is 4.99. The summed E-state index contributed by atoms with van der Waals surface area (Å²) in [5.74, 6) is -1.51. The maximum atomic E-state index is 12.6. The third kappa shape index (κ3) is 3.13. The summed E-state index contributed by atoms with van der Waals surface area (Å²) >= 11 is 0.626. The SMILES string of the molecule is O=C(c1ccc(C(F)(F)F)cc1)C(F)(F)I. The average Bonchev–Trinajstić information content (AvgIpc) is 2.14. The minimum atomic E-state index is -4.55. The van der Waals surface area contributed by atoms with E-state index in [1.54, 1.807) is 0 Å². The lowest BCUT2D eigenvalue weighted by Crippen LogP contribution is -2.20. The summed E-state index contributed by atoms with van der Waals surface area (Å²) in [5, 5.41) is 0. The zero-order valence-electron chi connectivity index (χ0n) is 7.49. The Balaban J connectivity index is 3.01. The molecule has 88 valence electrons. The highest BCUT2D eigenvalue weighted by Gasteiger charge is 2.36. The average molecular weight is 350 g/mol. The van der Waals surface area contributed by atoms with Crippen molar-refractivity contribution in [1.29, 1.82) is 0 Å². The standard InChI is InChI=1S/C9H4F5IO/c10-8(11,12)6-3-1-5(2-4-6)7(16)9(13,14)15/h1-4H. The van der Waals surface area contributed by atoms with Crippen molar-refractivity contribution in [2.75, 3.05) is 0 Å². The number of carbonyl (C=O) groups excluding carboxylic acids is 1. The van der Waals surface area contributed by atoms with Crippen molar-refractivity contribution < 1.29 is 26.7 Å². The van der Waals surface area contributed by atoms with Crippen LogP contribution in [0.15, 0.2) is 24.3 Å². The number of carbonyl (C=O) groups is 1. The van der Waals surface area contributed by atoms with Crippen molar-refractivity contribution in [3.05, 3.63) is 35.4 Å². The summed E-state index contributed by atoms with van der Waals surface area (Å²) < 4.78 is 57.8. The van der Waals surface area contributed by atoms with E-state index in [9.17, 15) is 26.7 Å². The van der Waals surface area contributed by atoms with Crippen LogP contribution in [0.1, 0.15) is 15.9 Å². The lowest BCUT2D eigenvalue weighted by atomic mass is 10.1. The van der Waals surface area contributed by atoms with Gasteiger partial charge in [0.1, 0.15) is 0 Å². The Morgan fingerprint density at radius 3 is 1.75 bits per heavy atom. The molecule has 1 aromatic carbocycles. The Morgan fingerprint density at radius 1 is 1.00 bits per heavy atom. The maximum Gasteiger partial charge on any atom is 0.416 e. The van der Waals surface area contributed by atoms with Gasteiger partial charge < -0.3 is 0 Å². The van der Waals surface area contributed by atoms with E-state index < -0.39 is 27.0 Å². The highest BCUT2D eigenvalue weighted by atomic mass is 127. The molecule has 0 saturated carbocycles. The number of hydrogen-bond acceptors (Lipinski definition) is 1. The second kappa shape index (κ2) is 4.27. The van der Waals surface area contributed by atoms with Gasteiger partial charge in [-0.2, -0.15) is 22.0 Å². The van der Waals surface area contributed by atoms with Gasteiger partial charge in [-0.05, 0) is 12.1 Å². The topological polar surface area (TPSA) is 17.1 Å². The Bertz CT molecular complexity index is 390. The number of benzene rings is 1. The van der Waals surface area contributed by atoms with Crippen LogP contribution >= 0.6 is 22.6 Å². The van der Waals surface area contributed by atoms with E-state index in [1.165, 1.54) is 0 Å². The molecule has 0 unspecified atom stereocenters. The molecule has 0 aliphatic rings. The van der Waals surface area contributed by atoms with Crippen molar-refractivity contribution in [2.45, 2.75) is 10.1 Å². The molecule has 0 aliphatic heterocycles. The summed E-state index contributed by atoms with van der Waals surface area (Å²) in [6.07, 6.45) is -4.55. The van der Waals surface area contributed by atoms with Crippen LogP contribution in [-0.4, -0.2) is 9.71 Å². The molecule has 0 fully saturated rings. The number of ketones is 1. The number of alkyl halides is 6. The molecule has 0 atom stereocenters. The van der Waals surface area contributed by atoms with Crippen molar-refractivity contribution >= 4 is 28.4 Å². The summed E-state index contributed by atoms with van der Waals surface area (Å²) in [5.41, 5.74) is -1.44. The van der Waals surface area contributed by atoms with Gasteiger partial charge in [-0.25, -0.2) is 0 Å². The molecule has 0 aliphatic carbocycles. The molecule has 0 bridgehead atoms. The van der Waals surface area contributed by atoms with Gasteiger partial charge in [0.15, 0.2) is 0 Å². The first-order valence-electron chi connectivity index (χ1n) is 3.91. The Kier molecular flexibility index (Phi) is 3.56. The maximum absolute atomic E-state index is 12.6. The normalized spacial score (nSPS) is 12.6. The van der Waals surface area contributed by atoms with Crippen LogP contribution in [0.25, 0.3) is 0 Å². The van der Waals surface area contributed by atoms with E-state index >= 15 is 0 Å². The van der Waals surface area contributed by atoms with Crippen LogP contribution in [0.5, 0.6) is 0 Å². The first-order chi connectivity index (χ1) is 7.12. The van der Waals surface area contributed by atoms with Crippen LogP contribution < -0.4 is 0 Å². The van der Waals surface area contributed by atoms with Gasteiger partial charge in [-0.3, -0.25) is 4.79 Å². The lowest BCUT2D eigenvalue weighted by Gasteiger charge is -2.09. The third-order valence-corrected chi connectivity index (χ3v) is 2.22. The summed E-state index contributed by atoms with van der Waals surface area (Å²) in [7, 11) is 0. The fourth-order valence-electron chi connectivity index (χ4n) is 0.974. The number of Topliss-reactive ketones (excluding diaryl/α,β-unsaturated/α-hetero) is 1. The second-order valence-electron chi connectivity index (χ2n) is 2.90. The van der Waals surface area contributed by atoms with Crippen LogP contribution in [0.4, 0.5) is 22.0 Å². The van der Waals surface area contributed by atoms with Gasteiger partial charge in [0.2, 0.25) is 5.78 Å². The minimum absolute atomic E-state index is 0.451. The zero-order chi connectivity index (χ0) is 12.6. The largest absolute Gasteiger partial charge is 0.416 e. The van der Waals surface area contributed by atoms with Gasteiger partial charge >= 0.3 is 10.1 Å². The highest BCUT2D eigenvalue weighted by Crippen LogP contribution is 2.31. The molecule has 1 rings (SSSR count). The molecule has 0 saturated heterocycles. The van der Waals surface area contributed by atoms with Gasteiger partial charge in [-0.15, -0.1) is 0 Å². The van der Waals surface area contributed by atoms with E-state index in [0.717, 1.165) is 12.1 Å². The second-order valence-corrected chi connectivity index (χ2v) is 4.26. The smallest absolute Gasteiger partial charge is 0.286 e. The fraction of sp³-hybridized carbons (Fsp3) is 0.222. The van der Waals surface area contributed by atoms with E-state index in [1.807, 2.05) is 0 Å².